The number of aryl methyl sites for hydroxylation is 1. The molecule has 1 fully saturated rings. The van der Waals surface area contributed by atoms with Gasteiger partial charge >= 0.3 is 0 Å². The highest BCUT2D eigenvalue weighted by molar-refractivity contribution is 5.23. The molecular formula is C11H15NO. The summed E-state index contributed by atoms with van der Waals surface area (Å²) in [5.74, 6) is 0.905. The third-order valence-electron chi connectivity index (χ3n) is 2.63. The van der Waals surface area contributed by atoms with E-state index < -0.39 is 0 Å². The van der Waals surface area contributed by atoms with Crippen molar-refractivity contribution in [2.45, 2.75) is 38.7 Å². The lowest BCUT2D eigenvalue weighted by Crippen LogP contribution is -2.39. The molecule has 13 heavy (non-hydrogen) atoms. The minimum Gasteiger partial charge on any atom is -0.486 e. The molecule has 70 valence electrons. The van der Waals surface area contributed by atoms with Crippen LogP contribution in [0.25, 0.3) is 0 Å². The van der Waals surface area contributed by atoms with Crippen LogP contribution in [0.1, 0.15) is 31.7 Å². The van der Waals surface area contributed by atoms with Gasteiger partial charge in [-0.1, -0.05) is 0 Å². The zero-order valence-corrected chi connectivity index (χ0v) is 8.21. The standard InChI is InChI=1S/C11H15NO/c1-9-6-10(8-12-7-9)13-11(2)4-3-5-11/h6-8H,3-5H2,1-2H3. The molecule has 0 saturated heterocycles. The number of hydrogen-bond acceptors (Lipinski definition) is 2. The maximum atomic E-state index is 5.86. The monoisotopic (exact) mass is 177 g/mol. The Morgan fingerprint density at radius 1 is 1.38 bits per heavy atom. The minimum absolute atomic E-state index is 0.0788. The van der Waals surface area contributed by atoms with E-state index in [-0.39, 0.29) is 5.60 Å². The molecule has 0 atom stereocenters. The van der Waals surface area contributed by atoms with Crippen molar-refractivity contribution in [1.29, 1.82) is 0 Å². The first kappa shape index (κ1) is 8.54. The molecule has 1 saturated carbocycles. The van der Waals surface area contributed by atoms with Crippen molar-refractivity contribution in [3.63, 3.8) is 0 Å². The number of ether oxygens (including phenoxy) is 1. The van der Waals surface area contributed by atoms with Crippen molar-refractivity contribution in [3.05, 3.63) is 24.0 Å². The number of aromatic nitrogens is 1. The van der Waals surface area contributed by atoms with Crippen molar-refractivity contribution in [2.24, 2.45) is 0 Å². The van der Waals surface area contributed by atoms with E-state index in [0.717, 1.165) is 11.3 Å². The quantitative estimate of drug-likeness (QED) is 0.693. The molecule has 2 heteroatoms. The van der Waals surface area contributed by atoms with Crippen molar-refractivity contribution in [3.8, 4) is 5.75 Å². The second-order valence-corrected chi connectivity index (χ2v) is 4.10. The second-order valence-electron chi connectivity index (χ2n) is 4.10. The van der Waals surface area contributed by atoms with Crippen LogP contribution in [-0.2, 0) is 0 Å². The third-order valence-corrected chi connectivity index (χ3v) is 2.63. The maximum Gasteiger partial charge on any atom is 0.138 e. The van der Waals surface area contributed by atoms with Crippen LogP contribution in [0, 0.1) is 6.92 Å². The van der Waals surface area contributed by atoms with Gasteiger partial charge < -0.3 is 4.74 Å². The van der Waals surface area contributed by atoms with Crippen molar-refractivity contribution < 1.29 is 4.74 Å². The molecule has 0 spiro atoms. The van der Waals surface area contributed by atoms with Gasteiger partial charge in [-0.05, 0) is 44.7 Å². The normalized spacial score (nSPS) is 19.2. The molecule has 1 heterocycles. The van der Waals surface area contributed by atoms with E-state index in [1.807, 2.05) is 19.2 Å². The summed E-state index contributed by atoms with van der Waals surface area (Å²) < 4.78 is 5.86. The van der Waals surface area contributed by atoms with Crippen LogP contribution in [0.2, 0.25) is 0 Å². The lowest BCUT2D eigenvalue weighted by Gasteiger charge is -2.38. The van der Waals surface area contributed by atoms with Crippen LogP contribution in [0.3, 0.4) is 0 Å². The molecule has 0 bridgehead atoms. The molecule has 1 aromatic rings. The lowest BCUT2D eigenvalue weighted by atomic mass is 9.82. The SMILES string of the molecule is Cc1cncc(OC2(C)CCC2)c1. The smallest absolute Gasteiger partial charge is 0.138 e. The molecule has 1 aliphatic rings. The fourth-order valence-electron chi connectivity index (χ4n) is 1.64. The highest BCUT2D eigenvalue weighted by atomic mass is 16.5. The molecule has 2 rings (SSSR count). The van der Waals surface area contributed by atoms with Gasteiger partial charge in [0.15, 0.2) is 0 Å². The maximum absolute atomic E-state index is 5.86. The first-order chi connectivity index (χ1) is 6.18. The first-order valence-electron chi connectivity index (χ1n) is 4.79. The molecule has 0 aromatic carbocycles. The van der Waals surface area contributed by atoms with E-state index >= 15 is 0 Å². The van der Waals surface area contributed by atoms with E-state index in [0.29, 0.717) is 0 Å². The average molecular weight is 177 g/mol. The van der Waals surface area contributed by atoms with Crippen molar-refractivity contribution >= 4 is 0 Å². The predicted molar refractivity (Wildman–Crippen MR) is 51.9 cm³/mol. The second kappa shape index (κ2) is 3.02. The Balaban J connectivity index is 2.09. The van der Waals surface area contributed by atoms with Gasteiger partial charge in [-0.3, -0.25) is 4.98 Å². The van der Waals surface area contributed by atoms with Crippen LogP contribution in [0.5, 0.6) is 5.75 Å². The molecule has 0 radical (unpaired) electrons. The van der Waals surface area contributed by atoms with E-state index in [1.54, 1.807) is 6.20 Å². The Kier molecular flexibility index (Phi) is 1.98. The van der Waals surface area contributed by atoms with Gasteiger partial charge in [-0.25, -0.2) is 0 Å². The molecular weight excluding hydrogens is 162 g/mol. The summed E-state index contributed by atoms with van der Waals surface area (Å²) in [4.78, 5) is 4.10. The van der Waals surface area contributed by atoms with E-state index in [2.05, 4.69) is 11.9 Å². The Morgan fingerprint density at radius 2 is 2.15 bits per heavy atom. The van der Waals surface area contributed by atoms with Gasteiger partial charge in [0.25, 0.3) is 0 Å². The summed E-state index contributed by atoms with van der Waals surface area (Å²) in [5, 5.41) is 0. The number of nitrogens with zero attached hydrogens (tertiary/aromatic N) is 1. The van der Waals surface area contributed by atoms with Crippen LogP contribution < -0.4 is 4.74 Å². The lowest BCUT2D eigenvalue weighted by molar-refractivity contribution is 0.0109. The average Bonchev–Trinajstić information content (AvgIpc) is 2.01. The summed E-state index contributed by atoms with van der Waals surface area (Å²) >= 11 is 0. The number of rotatable bonds is 2. The van der Waals surface area contributed by atoms with Gasteiger partial charge in [0.05, 0.1) is 6.20 Å². The van der Waals surface area contributed by atoms with Crippen LogP contribution in [-0.4, -0.2) is 10.6 Å². The summed E-state index contributed by atoms with van der Waals surface area (Å²) in [6.45, 7) is 4.20. The topological polar surface area (TPSA) is 22.1 Å². The summed E-state index contributed by atoms with van der Waals surface area (Å²) in [6, 6.07) is 2.04. The third kappa shape index (κ3) is 1.82. The molecule has 1 aliphatic carbocycles. The molecule has 0 unspecified atom stereocenters. The van der Waals surface area contributed by atoms with E-state index in [1.165, 1.54) is 19.3 Å². The highest BCUT2D eigenvalue weighted by Crippen LogP contribution is 2.35. The fourth-order valence-corrected chi connectivity index (χ4v) is 1.64. The zero-order chi connectivity index (χ0) is 9.31. The first-order valence-corrected chi connectivity index (χ1v) is 4.79. The number of pyridine rings is 1. The Hall–Kier alpha value is -1.05. The van der Waals surface area contributed by atoms with Crippen molar-refractivity contribution in [2.75, 3.05) is 0 Å². The summed E-state index contributed by atoms with van der Waals surface area (Å²) in [5.41, 5.74) is 1.23. The number of hydrogen-bond donors (Lipinski definition) is 0. The van der Waals surface area contributed by atoms with Gasteiger partial charge in [0, 0.05) is 6.20 Å². The summed E-state index contributed by atoms with van der Waals surface area (Å²) in [7, 11) is 0. The Morgan fingerprint density at radius 3 is 2.69 bits per heavy atom. The highest BCUT2D eigenvalue weighted by Gasteiger charge is 2.33. The predicted octanol–water partition coefficient (Wildman–Crippen LogP) is 2.71. The molecule has 1 aromatic heterocycles. The zero-order valence-electron chi connectivity index (χ0n) is 8.21. The molecule has 0 amide bonds. The molecule has 2 nitrogen and oxygen atoms in total. The van der Waals surface area contributed by atoms with Gasteiger partial charge in [0.2, 0.25) is 0 Å². The molecule has 0 aliphatic heterocycles. The van der Waals surface area contributed by atoms with Crippen LogP contribution >= 0.6 is 0 Å². The Bertz CT molecular complexity index is 305. The van der Waals surface area contributed by atoms with Crippen LogP contribution in [0.15, 0.2) is 18.5 Å². The molecule has 0 N–H and O–H groups in total. The van der Waals surface area contributed by atoms with Gasteiger partial charge in [-0.2, -0.15) is 0 Å². The fraction of sp³-hybridized carbons (Fsp3) is 0.545. The minimum atomic E-state index is 0.0788. The van der Waals surface area contributed by atoms with E-state index in [4.69, 9.17) is 4.74 Å². The Labute approximate surface area is 78.9 Å². The van der Waals surface area contributed by atoms with Crippen LogP contribution in [0.4, 0.5) is 0 Å². The van der Waals surface area contributed by atoms with Crippen molar-refractivity contribution in [1.82, 2.24) is 4.98 Å². The van der Waals surface area contributed by atoms with E-state index in [9.17, 15) is 0 Å². The van der Waals surface area contributed by atoms with Gasteiger partial charge in [-0.15, -0.1) is 0 Å². The largest absolute Gasteiger partial charge is 0.486 e. The summed E-state index contributed by atoms with van der Waals surface area (Å²) in [6.07, 6.45) is 7.25. The van der Waals surface area contributed by atoms with Gasteiger partial charge in [0.1, 0.15) is 11.4 Å².